The van der Waals surface area contributed by atoms with Crippen molar-refractivity contribution < 1.29 is 4.79 Å². The number of hydrogen-bond acceptors (Lipinski definition) is 2. The lowest BCUT2D eigenvalue weighted by Crippen LogP contribution is -2.26. The van der Waals surface area contributed by atoms with Gasteiger partial charge in [-0.3, -0.25) is 4.79 Å². The average Bonchev–Trinajstić information content (AvgIpc) is 3.32. The topological polar surface area (TPSA) is 73.6 Å². The van der Waals surface area contributed by atoms with Crippen molar-refractivity contribution in [1.29, 1.82) is 5.26 Å². The Bertz CT molecular complexity index is 1350. The van der Waals surface area contributed by atoms with Gasteiger partial charge in [-0.05, 0) is 37.1 Å². The minimum atomic E-state index is -0.359. The van der Waals surface area contributed by atoms with Gasteiger partial charge in [0.15, 0.2) is 0 Å². The number of amides is 1. The maximum absolute atomic E-state index is 12.7. The Hall–Kier alpha value is -4.04. The fraction of sp³-hybridized carbons (Fsp3) is 0.154. The molecular formula is C26H24N4O. The standard InChI is InChI=1S/C26H24N4O/c1-3-14-30-18(2)23(22-9-5-7-11-25(22)30)15-20(16-27)26(31)28-13-12-19-17-29-24-10-6-4-8-21(19)24/h3-11,15,17,29H,1,12-14H2,2H3,(H,28,31). The summed E-state index contributed by atoms with van der Waals surface area (Å²) in [6, 6.07) is 18.1. The molecule has 0 saturated carbocycles. The van der Waals surface area contributed by atoms with Crippen molar-refractivity contribution in [1.82, 2.24) is 14.9 Å². The Morgan fingerprint density at radius 1 is 1.19 bits per heavy atom. The van der Waals surface area contributed by atoms with Crippen LogP contribution in [-0.2, 0) is 17.8 Å². The van der Waals surface area contributed by atoms with E-state index in [1.807, 2.05) is 61.7 Å². The number of allylic oxidation sites excluding steroid dienone is 1. The molecule has 0 atom stereocenters. The summed E-state index contributed by atoms with van der Waals surface area (Å²) in [6.45, 7) is 6.96. The molecule has 2 N–H and O–H groups in total. The molecule has 5 heteroatoms. The summed E-state index contributed by atoms with van der Waals surface area (Å²) in [5.74, 6) is -0.359. The molecule has 0 spiro atoms. The highest BCUT2D eigenvalue weighted by Crippen LogP contribution is 2.28. The van der Waals surface area contributed by atoms with E-state index in [-0.39, 0.29) is 11.5 Å². The SMILES string of the molecule is C=CCn1c(C)c(C=C(C#N)C(=O)NCCc2c[nH]c3ccccc23)c2ccccc21. The number of nitrogens with one attached hydrogen (secondary N) is 2. The first-order valence-electron chi connectivity index (χ1n) is 10.3. The van der Waals surface area contributed by atoms with E-state index in [9.17, 15) is 10.1 Å². The van der Waals surface area contributed by atoms with E-state index in [0.717, 1.165) is 38.6 Å². The zero-order valence-corrected chi connectivity index (χ0v) is 17.5. The molecule has 2 aromatic carbocycles. The third-order valence-electron chi connectivity index (χ3n) is 5.60. The van der Waals surface area contributed by atoms with E-state index in [1.165, 1.54) is 0 Å². The molecule has 4 rings (SSSR count). The number of para-hydroxylation sites is 2. The van der Waals surface area contributed by atoms with Gasteiger partial charge in [-0.1, -0.05) is 42.5 Å². The second-order valence-electron chi connectivity index (χ2n) is 7.45. The van der Waals surface area contributed by atoms with Gasteiger partial charge in [-0.25, -0.2) is 0 Å². The first kappa shape index (κ1) is 20.2. The molecule has 2 aromatic heterocycles. The maximum atomic E-state index is 12.7. The number of benzene rings is 2. The van der Waals surface area contributed by atoms with Crippen LogP contribution in [0.4, 0.5) is 0 Å². The number of nitrogens with zero attached hydrogens (tertiary/aromatic N) is 2. The number of H-pyrrole nitrogens is 1. The van der Waals surface area contributed by atoms with Crippen LogP contribution in [0.3, 0.4) is 0 Å². The fourth-order valence-electron chi connectivity index (χ4n) is 4.04. The zero-order chi connectivity index (χ0) is 21.8. The molecule has 2 heterocycles. The molecular weight excluding hydrogens is 384 g/mol. The predicted octanol–water partition coefficient (Wildman–Crippen LogP) is 4.88. The maximum Gasteiger partial charge on any atom is 0.261 e. The average molecular weight is 409 g/mol. The molecule has 0 unspecified atom stereocenters. The number of fused-ring (bicyclic) bond motifs is 2. The minimum Gasteiger partial charge on any atom is -0.361 e. The van der Waals surface area contributed by atoms with E-state index in [2.05, 4.69) is 33.6 Å². The Kier molecular flexibility index (Phi) is 5.72. The van der Waals surface area contributed by atoms with Gasteiger partial charge in [-0.2, -0.15) is 5.26 Å². The number of aromatic nitrogens is 2. The number of hydrogen-bond donors (Lipinski definition) is 2. The Morgan fingerprint density at radius 3 is 2.71 bits per heavy atom. The summed E-state index contributed by atoms with van der Waals surface area (Å²) in [5.41, 5.74) is 5.27. The summed E-state index contributed by atoms with van der Waals surface area (Å²) in [6.07, 6.45) is 6.19. The second kappa shape index (κ2) is 8.76. The molecule has 31 heavy (non-hydrogen) atoms. The van der Waals surface area contributed by atoms with E-state index in [0.29, 0.717) is 19.5 Å². The Morgan fingerprint density at radius 2 is 1.94 bits per heavy atom. The summed E-state index contributed by atoms with van der Waals surface area (Å²) in [5, 5.41) is 14.7. The highest BCUT2D eigenvalue weighted by Gasteiger charge is 2.15. The highest BCUT2D eigenvalue weighted by atomic mass is 16.1. The number of carbonyl (C=O) groups is 1. The first-order chi connectivity index (χ1) is 15.1. The van der Waals surface area contributed by atoms with Gasteiger partial charge in [-0.15, -0.1) is 6.58 Å². The summed E-state index contributed by atoms with van der Waals surface area (Å²) >= 11 is 0. The third-order valence-corrected chi connectivity index (χ3v) is 5.60. The molecule has 0 aliphatic rings. The van der Waals surface area contributed by atoms with Crippen LogP contribution in [0.2, 0.25) is 0 Å². The van der Waals surface area contributed by atoms with Crippen LogP contribution in [0.1, 0.15) is 16.8 Å². The predicted molar refractivity (Wildman–Crippen MR) is 125 cm³/mol. The van der Waals surface area contributed by atoms with Crippen LogP contribution < -0.4 is 5.32 Å². The normalized spacial score (nSPS) is 11.5. The number of aromatic amines is 1. The van der Waals surface area contributed by atoms with Crippen LogP contribution in [0.15, 0.2) is 73.0 Å². The second-order valence-corrected chi connectivity index (χ2v) is 7.45. The number of rotatable bonds is 7. The molecule has 0 fully saturated rings. The van der Waals surface area contributed by atoms with Gasteiger partial charge in [0.25, 0.3) is 5.91 Å². The molecule has 0 aliphatic carbocycles. The minimum absolute atomic E-state index is 0.100. The van der Waals surface area contributed by atoms with Gasteiger partial charge in [0.1, 0.15) is 11.6 Å². The quantitative estimate of drug-likeness (QED) is 0.260. The van der Waals surface area contributed by atoms with Crippen LogP contribution in [-0.4, -0.2) is 22.0 Å². The number of nitriles is 1. The highest BCUT2D eigenvalue weighted by molar-refractivity contribution is 6.04. The molecule has 1 amide bonds. The first-order valence-corrected chi connectivity index (χ1v) is 10.3. The Balaban J connectivity index is 1.55. The van der Waals surface area contributed by atoms with Gasteiger partial charge in [0, 0.05) is 52.3 Å². The van der Waals surface area contributed by atoms with Gasteiger partial charge < -0.3 is 14.9 Å². The zero-order valence-electron chi connectivity index (χ0n) is 17.5. The molecule has 154 valence electrons. The van der Waals surface area contributed by atoms with Gasteiger partial charge in [0.2, 0.25) is 0 Å². The van der Waals surface area contributed by atoms with E-state index in [4.69, 9.17) is 0 Å². The lowest BCUT2D eigenvalue weighted by Gasteiger charge is -2.05. The molecule has 4 aromatic rings. The number of carbonyl (C=O) groups excluding carboxylic acids is 1. The monoisotopic (exact) mass is 408 g/mol. The molecule has 0 bridgehead atoms. The molecule has 5 nitrogen and oxygen atoms in total. The summed E-state index contributed by atoms with van der Waals surface area (Å²) in [7, 11) is 0. The van der Waals surface area contributed by atoms with Crippen molar-refractivity contribution in [3.63, 3.8) is 0 Å². The van der Waals surface area contributed by atoms with Crippen LogP contribution in [0.5, 0.6) is 0 Å². The van der Waals surface area contributed by atoms with Crippen molar-refractivity contribution >= 4 is 33.8 Å². The van der Waals surface area contributed by atoms with Gasteiger partial charge >= 0.3 is 0 Å². The Labute approximate surface area is 181 Å². The van der Waals surface area contributed by atoms with E-state index in [1.54, 1.807) is 6.08 Å². The summed E-state index contributed by atoms with van der Waals surface area (Å²) < 4.78 is 2.14. The van der Waals surface area contributed by atoms with Crippen molar-refractivity contribution in [2.24, 2.45) is 0 Å². The van der Waals surface area contributed by atoms with Crippen LogP contribution >= 0.6 is 0 Å². The van der Waals surface area contributed by atoms with Crippen molar-refractivity contribution in [2.45, 2.75) is 19.9 Å². The fourth-order valence-corrected chi connectivity index (χ4v) is 4.04. The van der Waals surface area contributed by atoms with Crippen LogP contribution in [0.25, 0.3) is 27.9 Å². The molecule has 0 radical (unpaired) electrons. The van der Waals surface area contributed by atoms with Gasteiger partial charge in [0.05, 0.1) is 0 Å². The van der Waals surface area contributed by atoms with Crippen molar-refractivity contribution in [3.05, 3.63) is 89.8 Å². The molecule has 0 saturated heterocycles. The van der Waals surface area contributed by atoms with Crippen molar-refractivity contribution in [2.75, 3.05) is 6.54 Å². The van der Waals surface area contributed by atoms with Crippen LogP contribution in [0, 0.1) is 18.3 Å². The van der Waals surface area contributed by atoms with Crippen molar-refractivity contribution in [3.8, 4) is 6.07 Å². The smallest absolute Gasteiger partial charge is 0.261 e. The lowest BCUT2D eigenvalue weighted by atomic mass is 10.1. The third kappa shape index (κ3) is 3.88. The largest absolute Gasteiger partial charge is 0.361 e. The van der Waals surface area contributed by atoms with E-state index >= 15 is 0 Å². The molecule has 0 aliphatic heterocycles. The van der Waals surface area contributed by atoms with E-state index < -0.39 is 0 Å². The summed E-state index contributed by atoms with van der Waals surface area (Å²) in [4.78, 5) is 16.0. The lowest BCUT2D eigenvalue weighted by molar-refractivity contribution is -0.117.